The van der Waals surface area contributed by atoms with Gasteiger partial charge in [-0.2, -0.15) is 0 Å². The van der Waals surface area contributed by atoms with Crippen LogP contribution < -0.4 is 5.56 Å². The van der Waals surface area contributed by atoms with E-state index in [9.17, 15) is 4.79 Å². The van der Waals surface area contributed by atoms with E-state index in [2.05, 4.69) is 29.8 Å². The van der Waals surface area contributed by atoms with Gasteiger partial charge >= 0.3 is 0 Å². The molecule has 1 aromatic rings. The number of pyridine rings is 1. The Bertz CT molecular complexity index is 544. The quantitative estimate of drug-likeness (QED) is 0.934. The van der Waals surface area contributed by atoms with Gasteiger partial charge in [-0.1, -0.05) is 0 Å². The lowest BCUT2D eigenvalue weighted by Gasteiger charge is -2.39. The Balaban J connectivity index is 1.50. The lowest BCUT2D eigenvalue weighted by atomic mass is 9.86. The molecule has 3 rings (SSSR count). The molecular weight excluding hydrogens is 276 g/mol. The first-order valence-electron chi connectivity index (χ1n) is 8.57. The summed E-state index contributed by atoms with van der Waals surface area (Å²) in [4.78, 5) is 16.8. The van der Waals surface area contributed by atoms with E-state index in [4.69, 9.17) is 4.74 Å². The maximum absolute atomic E-state index is 11.4. The van der Waals surface area contributed by atoms with Crippen molar-refractivity contribution in [3.05, 3.63) is 34.2 Å². The number of hydrogen-bond acceptors (Lipinski definition) is 3. The molecule has 0 radical (unpaired) electrons. The van der Waals surface area contributed by atoms with Crippen LogP contribution in [0.5, 0.6) is 0 Å². The van der Waals surface area contributed by atoms with Crippen molar-refractivity contribution in [2.45, 2.75) is 51.0 Å². The van der Waals surface area contributed by atoms with Gasteiger partial charge in [0.15, 0.2) is 0 Å². The van der Waals surface area contributed by atoms with Crippen molar-refractivity contribution in [1.82, 2.24) is 9.88 Å². The van der Waals surface area contributed by atoms with Crippen LogP contribution in [0.25, 0.3) is 0 Å². The molecule has 1 unspecified atom stereocenters. The molecular formula is C18H28N2O2. The Labute approximate surface area is 132 Å². The van der Waals surface area contributed by atoms with Crippen LogP contribution in [0.1, 0.15) is 51.0 Å². The second kappa shape index (κ2) is 6.55. The first-order valence-corrected chi connectivity index (χ1v) is 8.57. The number of aromatic nitrogens is 1. The maximum Gasteiger partial charge on any atom is 0.248 e. The highest BCUT2D eigenvalue weighted by Crippen LogP contribution is 2.31. The normalized spacial score (nSPS) is 26.9. The number of likely N-dealkylation sites (tertiary alicyclic amines) is 1. The number of nitrogens with zero attached hydrogens (tertiary/aromatic N) is 1. The zero-order valence-electron chi connectivity index (χ0n) is 13.8. The first-order chi connectivity index (χ1) is 10.5. The summed E-state index contributed by atoms with van der Waals surface area (Å²) in [6, 6.07) is 3.82. The van der Waals surface area contributed by atoms with Crippen molar-refractivity contribution in [2.75, 3.05) is 26.2 Å². The summed E-state index contributed by atoms with van der Waals surface area (Å²) in [6.07, 6.45) is 6.46. The standard InChI is InChI=1S/C18H28N2O2/c1-18(2)12-14(6-10-22-18)13-20-8-4-15(5-9-20)16-3-7-19-17(21)11-16/h3,7,11,14-15H,4-6,8-10,12-13H2,1-2H3,(H,19,21). The monoisotopic (exact) mass is 304 g/mol. The van der Waals surface area contributed by atoms with Crippen molar-refractivity contribution >= 4 is 0 Å². The molecule has 2 fully saturated rings. The van der Waals surface area contributed by atoms with Crippen molar-refractivity contribution in [3.63, 3.8) is 0 Å². The summed E-state index contributed by atoms with van der Waals surface area (Å²) in [6.45, 7) is 8.82. The molecule has 0 aromatic carbocycles. The van der Waals surface area contributed by atoms with Gasteiger partial charge in [0.1, 0.15) is 0 Å². The van der Waals surface area contributed by atoms with Crippen molar-refractivity contribution in [2.24, 2.45) is 5.92 Å². The Morgan fingerprint density at radius 1 is 1.32 bits per heavy atom. The molecule has 2 aliphatic heterocycles. The minimum absolute atomic E-state index is 0.0179. The van der Waals surface area contributed by atoms with Gasteiger partial charge in [0.2, 0.25) is 5.56 Å². The van der Waals surface area contributed by atoms with Crippen molar-refractivity contribution < 1.29 is 4.74 Å². The topological polar surface area (TPSA) is 45.3 Å². The van der Waals surface area contributed by atoms with Crippen LogP contribution in [0.15, 0.2) is 23.1 Å². The fraction of sp³-hybridized carbons (Fsp3) is 0.722. The maximum atomic E-state index is 11.4. The van der Waals surface area contributed by atoms with Crippen LogP contribution in [0, 0.1) is 5.92 Å². The van der Waals surface area contributed by atoms with Gasteiger partial charge in [0, 0.05) is 25.4 Å². The van der Waals surface area contributed by atoms with Gasteiger partial charge in [-0.15, -0.1) is 0 Å². The minimum atomic E-state index is 0.0179. The van der Waals surface area contributed by atoms with Gasteiger partial charge in [0.05, 0.1) is 5.60 Å². The fourth-order valence-electron chi connectivity index (χ4n) is 4.04. The second-order valence-electron chi connectivity index (χ2n) is 7.53. The Morgan fingerprint density at radius 3 is 2.77 bits per heavy atom. The molecule has 0 amide bonds. The van der Waals surface area contributed by atoms with Crippen LogP contribution in [0.2, 0.25) is 0 Å². The van der Waals surface area contributed by atoms with Gasteiger partial charge in [0.25, 0.3) is 0 Å². The van der Waals surface area contributed by atoms with Crippen LogP contribution >= 0.6 is 0 Å². The van der Waals surface area contributed by atoms with Crippen LogP contribution in [0.3, 0.4) is 0 Å². The average molecular weight is 304 g/mol. The number of nitrogens with one attached hydrogen (secondary N) is 1. The van der Waals surface area contributed by atoms with Gasteiger partial charge in [-0.3, -0.25) is 4.79 Å². The average Bonchev–Trinajstić information content (AvgIpc) is 2.47. The Kier molecular flexibility index (Phi) is 4.69. The van der Waals surface area contributed by atoms with E-state index in [0.29, 0.717) is 5.92 Å². The summed E-state index contributed by atoms with van der Waals surface area (Å²) in [5.74, 6) is 1.31. The van der Waals surface area contributed by atoms with E-state index in [1.807, 2.05) is 0 Å². The molecule has 2 aliphatic rings. The number of H-pyrrole nitrogens is 1. The van der Waals surface area contributed by atoms with Gasteiger partial charge in [-0.05, 0) is 76.1 Å². The van der Waals surface area contributed by atoms with E-state index >= 15 is 0 Å². The number of piperidine rings is 1. The van der Waals surface area contributed by atoms with E-state index in [0.717, 1.165) is 38.5 Å². The fourth-order valence-corrected chi connectivity index (χ4v) is 4.04. The zero-order chi connectivity index (χ0) is 15.6. The van der Waals surface area contributed by atoms with Crippen molar-refractivity contribution in [3.8, 4) is 0 Å². The summed E-state index contributed by atoms with van der Waals surface area (Å²) in [7, 11) is 0. The minimum Gasteiger partial charge on any atom is -0.376 e. The molecule has 1 N–H and O–H groups in total. The molecule has 22 heavy (non-hydrogen) atoms. The Hall–Kier alpha value is -1.13. The molecule has 1 atom stereocenters. The molecule has 0 aliphatic carbocycles. The smallest absolute Gasteiger partial charge is 0.248 e. The number of hydrogen-bond donors (Lipinski definition) is 1. The molecule has 0 bridgehead atoms. The molecule has 2 saturated heterocycles. The lowest BCUT2D eigenvalue weighted by Crippen LogP contribution is -2.42. The molecule has 0 spiro atoms. The van der Waals surface area contributed by atoms with E-state index in [1.165, 1.54) is 24.9 Å². The number of ether oxygens (including phenoxy) is 1. The van der Waals surface area contributed by atoms with Crippen LogP contribution in [-0.4, -0.2) is 41.7 Å². The lowest BCUT2D eigenvalue weighted by molar-refractivity contribution is -0.0774. The third-order valence-electron chi connectivity index (χ3n) is 5.17. The molecule has 0 saturated carbocycles. The number of aromatic amines is 1. The van der Waals surface area contributed by atoms with E-state index in [1.54, 1.807) is 12.3 Å². The highest BCUT2D eigenvalue weighted by atomic mass is 16.5. The molecule has 4 heteroatoms. The summed E-state index contributed by atoms with van der Waals surface area (Å²) >= 11 is 0. The third kappa shape index (κ3) is 3.99. The van der Waals surface area contributed by atoms with E-state index < -0.39 is 0 Å². The van der Waals surface area contributed by atoms with Crippen LogP contribution in [0.4, 0.5) is 0 Å². The zero-order valence-corrected chi connectivity index (χ0v) is 13.8. The summed E-state index contributed by atoms with van der Waals surface area (Å²) in [5, 5.41) is 0. The van der Waals surface area contributed by atoms with Gasteiger partial charge in [-0.25, -0.2) is 0 Å². The highest BCUT2D eigenvalue weighted by Gasteiger charge is 2.31. The molecule has 3 heterocycles. The van der Waals surface area contributed by atoms with Crippen LogP contribution in [-0.2, 0) is 4.74 Å². The molecule has 4 nitrogen and oxygen atoms in total. The summed E-state index contributed by atoms with van der Waals surface area (Å²) in [5.41, 5.74) is 1.27. The predicted molar refractivity (Wildman–Crippen MR) is 88.2 cm³/mol. The third-order valence-corrected chi connectivity index (χ3v) is 5.17. The largest absolute Gasteiger partial charge is 0.376 e. The SMILES string of the molecule is CC1(C)CC(CN2CCC(c3cc[nH]c(=O)c3)CC2)CCO1. The molecule has 1 aromatic heterocycles. The number of rotatable bonds is 3. The molecule has 122 valence electrons. The first kappa shape index (κ1) is 15.8. The summed E-state index contributed by atoms with van der Waals surface area (Å²) < 4.78 is 5.82. The van der Waals surface area contributed by atoms with E-state index in [-0.39, 0.29) is 11.2 Å². The highest BCUT2D eigenvalue weighted by molar-refractivity contribution is 5.16. The van der Waals surface area contributed by atoms with Crippen molar-refractivity contribution in [1.29, 1.82) is 0 Å². The predicted octanol–water partition coefficient (Wildman–Crippen LogP) is 2.76. The van der Waals surface area contributed by atoms with Gasteiger partial charge < -0.3 is 14.6 Å². The Morgan fingerprint density at radius 2 is 2.09 bits per heavy atom. The second-order valence-corrected chi connectivity index (χ2v) is 7.53.